The third-order valence-corrected chi connectivity index (χ3v) is 2.98. The molecule has 90 valence electrons. The van der Waals surface area contributed by atoms with Crippen molar-refractivity contribution in [2.45, 2.75) is 25.9 Å². The van der Waals surface area contributed by atoms with Gasteiger partial charge in [0.15, 0.2) is 0 Å². The lowest BCUT2D eigenvalue weighted by atomic mass is 10.1. The zero-order valence-electron chi connectivity index (χ0n) is 9.56. The molecule has 1 N–H and O–H groups in total. The molecule has 2 heterocycles. The van der Waals surface area contributed by atoms with Gasteiger partial charge < -0.3 is 9.52 Å². The maximum absolute atomic E-state index is 10.0. The molecule has 0 amide bonds. The van der Waals surface area contributed by atoms with Crippen molar-refractivity contribution < 1.29 is 9.52 Å². The minimum Gasteiger partial charge on any atom is -0.463 e. The normalized spacial score (nSPS) is 12.6. The summed E-state index contributed by atoms with van der Waals surface area (Å²) < 4.78 is 6.43. The summed E-state index contributed by atoms with van der Waals surface area (Å²) in [6.07, 6.45) is 4.19. The van der Waals surface area contributed by atoms with Crippen LogP contribution in [0.5, 0.6) is 0 Å². The Labute approximate surface area is 109 Å². The van der Waals surface area contributed by atoms with Crippen LogP contribution in [0.4, 0.5) is 0 Å². The van der Waals surface area contributed by atoms with E-state index in [9.17, 15) is 5.11 Å². The van der Waals surface area contributed by atoms with E-state index in [4.69, 9.17) is 4.42 Å². The largest absolute Gasteiger partial charge is 0.463 e. The summed E-state index contributed by atoms with van der Waals surface area (Å²) in [5, 5.41) is 10.0. The van der Waals surface area contributed by atoms with Crippen LogP contribution in [0.3, 0.4) is 0 Å². The number of pyridine rings is 1. The molecule has 1 unspecified atom stereocenters. The molecule has 4 heteroatoms. The molecule has 0 bridgehead atoms. The smallest absolute Gasteiger partial charge is 0.133 e. The number of halogens is 1. The van der Waals surface area contributed by atoms with Crippen molar-refractivity contribution >= 4 is 15.9 Å². The van der Waals surface area contributed by atoms with Crippen LogP contribution in [0.15, 0.2) is 39.5 Å². The van der Waals surface area contributed by atoms with Crippen LogP contribution in [-0.4, -0.2) is 10.1 Å². The molecule has 1 atom stereocenters. The lowest BCUT2D eigenvalue weighted by Gasteiger charge is -2.07. The standard InChI is InChI=1S/C13H14BrNO2/c1-2-11-3-4-13(17-11)12(16)6-9-5-10(14)8-15-7-9/h3-5,7-8,12,16H,2,6H2,1H3. The molecule has 0 fully saturated rings. The van der Waals surface area contributed by atoms with Gasteiger partial charge in [0.05, 0.1) is 0 Å². The summed E-state index contributed by atoms with van der Waals surface area (Å²) in [5.74, 6) is 1.51. The number of aliphatic hydroxyl groups is 1. The van der Waals surface area contributed by atoms with E-state index in [2.05, 4.69) is 20.9 Å². The molecule has 0 saturated heterocycles. The van der Waals surface area contributed by atoms with Gasteiger partial charge in [-0.05, 0) is 39.7 Å². The lowest BCUT2D eigenvalue weighted by Crippen LogP contribution is -2.00. The van der Waals surface area contributed by atoms with Crippen molar-refractivity contribution in [3.8, 4) is 0 Å². The van der Waals surface area contributed by atoms with E-state index in [0.29, 0.717) is 12.2 Å². The highest BCUT2D eigenvalue weighted by Crippen LogP contribution is 2.21. The second-order valence-corrected chi connectivity index (χ2v) is 4.80. The number of aliphatic hydroxyl groups excluding tert-OH is 1. The first-order valence-electron chi connectivity index (χ1n) is 5.55. The fraction of sp³-hybridized carbons (Fsp3) is 0.308. The molecule has 2 aromatic heterocycles. The molecule has 3 nitrogen and oxygen atoms in total. The monoisotopic (exact) mass is 295 g/mol. The van der Waals surface area contributed by atoms with Gasteiger partial charge in [0.25, 0.3) is 0 Å². The minimum absolute atomic E-state index is 0.503. The second-order valence-electron chi connectivity index (χ2n) is 3.89. The van der Waals surface area contributed by atoms with Crippen LogP contribution >= 0.6 is 15.9 Å². The molecule has 0 saturated carbocycles. The molecule has 2 rings (SSSR count). The Morgan fingerprint density at radius 3 is 2.88 bits per heavy atom. The lowest BCUT2D eigenvalue weighted by molar-refractivity contribution is 0.148. The first kappa shape index (κ1) is 12.3. The summed E-state index contributed by atoms with van der Waals surface area (Å²) in [6, 6.07) is 5.67. The number of hydrogen-bond acceptors (Lipinski definition) is 3. The summed E-state index contributed by atoms with van der Waals surface area (Å²) in [7, 11) is 0. The molecule has 0 aromatic carbocycles. The molecule has 0 spiro atoms. The van der Waals surface area contributed by atoms with Crippen molar-refractivity contribution in [2.75, 3.05) is 0 Å². The number of furan rings is 1. The van der Waals surface area contributed by atoms with Gasteiger partial charge in [-0.3, -0.25) is 4.98 Å². The predicted octanol–water partition coefficient (Wildman–Crippen LogP) is 3.28. The highest BCUT2D eigenvalue weighted by atomic mass is 79.9. The average Bonchev–Trinajstić information content (AvgIpc) is 2.77. The SMILES string of the molecule is CCc1ccc(C(O)Cc2cncc(Br)c2)o1. The van der Waals surface area contributed by atoms with E-state index in [1.54, 1.807) is 12.4 Å². The summed E-state index contributed by atoms with van der Waals surface area (Å²) in [6.45, 7) is 2.02. The summed E-state index contributed by atoms with van der Waals surface area (Å²) in [4.78, 5) is 4.06. The Morgan fingerprint density at radius 1 is 1.41 bits per heavy atom. The Kier molecular flexibility index (Phi) is 3.97. The van der Waals surface area contributed by atoms with Crippen molar-refractivity contribution in [1.29, 1.82) is 0 Å². The topological polar surface area (TPSA) is 46.3 Å². The van der Waals surface area contributed by atoms with Crippen molar-refractivity contribution in [3.05, 3.63) is 52.1 Å². The number of hydrogen-bond donors (Lipinski definition) is 1. The highest BCUT2D eigenvalue weighted by Gasteiger charge is 2.13. The zero-order chi connectivity index (χ0) is 12.3. The van der Waals surface area contributed by atoms with Crippen LogP contribution in [0, 0.1) is 0 Å². The van der Waals surface area contributed by atoms with Gasteiger partial charge in [-0.25, -0.2) is 0 Å². The summed E-state index contributed by atoms with van der Waals surface area (Å²) in [5.41, 5.74) is 0.973. The Balaban J connectivity index is 2.08. The third kappa shape index (κ3) is 3.17. The third-order valence-electron chi connectivity index (χ3n) is 2.55. The average molecular weight is 296 g/mol. The first-order valence-corrected chi connectivity index (χ1v) is 6.34. The molecule has 0 aliphatic carbocycles. The van der Waals surface area contributed by atoms with Crippen molar-refractivity contribution in [2.24, 2.45) is 0 Å². The maximum Gasteiger partial charge on any atom is 0.133 e. The van der Waals surface area contributed by atoms with E-state index in [1.165, 1.54) is 0 Å². The number of aromatic nitrogens is 1. The fourth-order valence-electron chi connectivity index (χ4n) is 1.65. The van der Waals surface area contributed by atoms with Crippen molar-refractivity contribution in [1.82, 2.24) is 4.98 Å². The van der Waals surface area contributed by atoms with Crippen LogP contribution in [0.1, 0.15) is 30.1 Å². The number of aryl methyl sites for hydroxylation is 1. The van der Waals surface area contributed by atoms with E-state index in [-0.39, 0.29) is 0 Å². The van der Waals surface area contributed by atoms with E-state index in [0.717, 1.165) is 22.2 Å². The maximum atomic E-state index is 10.0. The highest BCUT2D eigenvalue weighted by molar-refractivity contribution is 9.10. The first-order chi connectivity index (χ1) is 8.19. The number of nitrogens with zero attached hydrogens (tertiary/aromatic N) is 1. The van der Waals surface area contributed by atoms with Gasteiger partial charge >= 0.3 is 0 Å². The fourth-order valence-corrected chi connectivity index (χ4v) is 2.07. The van der Waals surface area contributed by atoms with E-state index in [1.807, 2.05) is 25.1 Å². The van der Waals surface area contributed by atoms with Crippen LogP contribution in [-0.2, 0) is 12.8 Å². The zero-order valence-corrected chi connectivity index (χ0v) is 11.1. The van der Waals surface area contributed by atoms with Gasteiger partial charge in [0, 0.05) is 29.7 Å². The molecule has 2 aromatic rings. The molecule has 0 aliphatic rings. The molecular weight excluding hydrogens is 282 g/mol. The van der Waals surface area contributed by atoms with Gasteiger partial charge in [0.1, 0.15) is 17.6 Å². The molecule has 17 heavy (non-hydrogen) atoms. The van der Waals surface area contributed by atoms with Gasteiger partial charge in [0.2, 0.25) is 0 Å². The number of rotatable bonds is 4. The van der Waals surface area contributed by atoms with Crippen molar-refractivity contribution in [3.63, 3.8) is 0 Å². The Bertz CT molecular complexity index is 496. The minimum atomic E-state index is -0.619. The van der Waals surface area contributed by atoms with Crippen LogP contribution in [0.25, 0.3) is 0 Å². The molecule has 0 aliphatic heterocycles. The predicted molar refractivity (Wildman–Crippen MR) is 68.7 cm³/mol. The molecular formula is C13H14BrNO2. The van der Waals surface area contributed by atoms with Crippen LogP contribution < -0.4 is 0 Å². The molecule has 0 radical (unpaired) electrons. The van der Waals surface area contributed by atoms with Gasteiger partial charge in [-0.15, -0.1) is 0 Å². The Morgan fingerprint density at radius 2 is 2.24 bits per heavy atom. The van der Waals surface area contributed by atoms with Gasteiger partial charge in [-0.2, -0.15) is 0 Å². The second kappa shape index (κ2) is 5.47. The summed E-state index contributed by atoms with van der Waals surface area (Å²) >= 11 is 3.36. The van der Waals surface area contributed by atoms with Gasteiger partial charge in [-0.1, -0.05) is 6.92 Å². The van der Waals surface area contributed by atoms with E-state index < -0.39 is 6.10 Å². The Hall–Kier alpha value is -1.13. The van der Waals surface area contributed by atoms with Crippen LogP contribution in [0.2, 0.25) is 0 Å². The quantitative estimate of drug-likeness (QED) is 0.942. The van der Waals surface area contributed by atoms with E-state index >= 15 is 0 Å².